The van der Waals surface area contributed by atoms with Gasteiger partial charge in [0.2, 0.25) is 0 Å². The van der Waals surface area contributed by atoms with E-state index >= 15 is 0 Å². The fraction of sp³-hybridized carbons (Fsp3) is 0.462. The van der Waals surface area contributed by atoms with Crippen LogP contribution in [0.5, 0.6) is 5.75 Å². The van der Waals surface area contributed by atoms with Crippen molar-refractivity contribution in [2.24, 2.45) is 11.7 Å². The van der Waals surface area contributed by atoms with E-state index in [-0.39, 0.29) is 18.6 Å². The van der Waals surface area contributed by atoms with Crippen molar-refractivity contribution in [1.82, 2.24) is 5.32 Å². The third-order valence-corrected chi connectivity index (χ3v) is 4.11. The van der Waals surface area contributed by atoms with Gasteiger partial charge in [0.25, 0.3) is 5.91 Å². The summed E-state index contributed by atoms with van der Waals surface area (Å²) in [4.78, 5) is 11.6. The highest BCUT2D eigenvalue weighted by Crippen LogP contribution is 2.33. The molecule has 1 aliphatic rings. The normalized spacial score (nSPS) is 15.8. The maximum Gasteiger partial charge on any atom is 0.257 e. The van der Waals surface area contributed by atoms with E-state index in [4.69, 9.17) is 45.3 Å². The molecule has 1 amide bonds. The fourth-order valence-electron chi connectivity index (χ4n) is 1.73. The maximum absolute atomic E-state index is 11.6. The Morgan fingerprint density at radius 3 is 2.60 bits per heavy atom. The minimum Gasteiger partial charge on any atom is -0.482 e. The van der Waals surface area contributed by atoms with Crippen LogP contribution in [0.1, 0.15) is 12.8 Å². The number of carbonyl (C=O) groups excluding carboxylic acids is 1. The lowest BCUT2D eigenvalue weighted by molar-refractivity contribution is -0.123. The number of hydrogen-bond donors (Lipinski definition) is 2. The van der Waals surface area contributed by atoms with Crippen molar-refractivity contribution in [3.63, 3.8) is 0 Å². The van der Waals surface area contributed by atoms with Gasteiger partial charge in [-0.2, -0.15) is 0 Å². The minimum absolute atomic E-state index is 0.0208. The summed E-state index contributed by atoms with van der Waals surface area (Å²) in [5.74, 6) is 0.617. The van der Waals surface area contributed by atoms with E-state index in [9.17, 15) is 4.79 Å². The Morgan fingerprint density at radius 1 is 1.30 bits per heavy atom. The molecule has 1 saturated carbocycles. The van der Waals surface area contributed by atoms with Crippen molar-refractivity contribution < 1.29 is 9.53 Å². The number of nitrogens with two attached hydrogens (primary N) is 1. The summed E-state index contributed by atoms with van der Waals surface area (Å²) in [6.07, 6.45) is 2.29. The third kappa shape index (κ3) is 4.42. The standard InChI is InChI=1S/C13H15Cl3N2O2/c14-8-3-10(16)12(4-9(8)15)20-6-13(19)18-5-11(17)7-1-2-7/h3-4,7,11H,1-2,5-6,17H2,(H,18,19). The Balaban J connectivity index is 1.79. The molecule has 0 heterocycles. The van der Waals surface area contributed by atoms with Crippen molar-refractivity contribution in [3.8, 4) is 5.75 Å². The van der Waals surface area contributed by atoms with Gasteiger partial charge in [0.05, 0.1) is 15.1 Å². The van der Waals surface area contributed by atoms with Gasteiger partial charge in [0.15, 0.2) is 6.61 Å². The SMILES string of the molecule is NC(CNC(=O)COc1cc(Cl)c(Cl)cc1Cl)C1CC1. The van der Waals surface area contributed by atoms with Crippen molar-refractivity contribution in [1.29, 1.82) is 0 Å². The number of hydrogen-bond acceptors (Lipinski definition) is 3. The van der Waals surface area contributed by atoms with Gasteiger partial charge in [-0.25, -0.2) is 0 Å². The number of benzene rings is 1. The van der Waals surface area contributed by atoms with Gasteiger partial charge in [-0.3, -0.25) is 4.79 Å². The van der Waals surface area contributed by atoms with Crippen molar-refractivity contribution in [2.75, 3.05) is 13.2 Å². The number of amides is 1. The van der Waals surface area contributed by atoms with Gasteiger partial charge in [-0.15, -0.1) is 0 Å². The molecule has 3 N–H and O–H groups in total. The summed E-state index contributed by atoms with van der Waals surface area (Å²) in [7, 11) is 0. The van der Waals surface area contributed by atoms with Gasteiger partial charge >= 0.3 is 0 Å². The molecule has 1 fully saturated rings. The second kappa shape index (κ2) is 6.85. The molecule has 0 aliphatic heterocycles. The Bertz CT molecular complexity index is 507. The molecule has 0 bridgehead atoms. The molecule has 1 atom stereocenters. The Kier molecular flexibility index (Phi) is 5.38. The summed E-state index contributed by atoms with van der Waals surface area (Å²) in [5.41, 5.74) is 5.89. The maximum atomic E-state index is 11.6. The Labute approximate surface area is 132 Å². The van der Waals surface area contributed by atoms with Gasteiger partial charge < -0.3 is 15.8 Å². The second-order valence-corrected chi connectivity index (χ2v) is 6.01. The van der Waals surface area contributed by atoms with Crippen LogP contribution in [-0.4, -0.2) is 25.1 Å². The van der Waals surface area contributed by atoms with E-state index < -0.39 is 0 Å². The summed E-state index contributed by atoms with van der Waals surface area (Å²) >= 11 is 17.6. The minimum atomic E-state index is -0.247. The van der Waals surface area contributed by atoms with E-state index in [1.165, 1.54) is 12.1 Å². The molecule has 0 radical (unpaired) electrons. The van der Waals surface area contributed by atoms with Gasteiger partial charge in [0, 0.05) is 18.7 Å². The fourth-order valence-corrected chi connectivity index (χ4v) is 2.32. The first kappa shape index (κ1) is 15.7. The van der Waals surface area contributed by atoms with E-state index in [1.807, 2.05) is 0 Å². The molecular weight excluding hydrogens is 323 g/mol. The molecule has 1 aromatic carbocycles. The van der Waals surface area contributed by atoms with E-state index in [1.54, 1.807) is 0 Å². The van der Waals surface area contributed by atoms with E-state index in [2.05, 4.69) is 5.32 Å². The Morgan fingerprint density at radius 2 is 1.95 bits per heavy atom. The van der Waals surface area contributed by atoms with Gasteiger partial charge in [-0.05, 0) is 24.8 Å². The van der Waals surface area contributed by atoms with Gasteiger partial charge in [-0.1, -0.05) is 34.8 Å². The largest absolute Gasteiger partial charge is 0.482 e. The molecule has 2 rings (SSSR count). The number of rotatable bonds is 6. The molecule has 1 aromatic rings. The lowest BCUT2D eigenvalue weighted by Gasteiger charge is -2.13. The molecule has 7 heteroatoms. The zero-order valence-electron chi connectivity index (χ0n) is 10.7. The number of halogens is 3. The molecule has 110 valence electrons. The van der Waals surface area contributed by atoms with Crippen molar-refractivity contribution in [3.05, 3.63) is 27.2 Å². The highest BCUT2D eigenvalue weighted by Gasteiger charge is 2.28. The predicted octanol–water partition coefficient (Wildman–Crippen LogP) is 2.88. The van der Waals surface area contributed by atoms with E-state index in [0.29, 0.717) is 33.3 Å². The molecule has 1 unspecified atom stereocenters. The van der Waals surface area contributed by atoms with Crippen LogP contribution in [0.15, 0.2) is 12.1 Å². The lowest BCUT2D eigenvalue weighted by atomic mass is 10.2. The average Bonchev–Trinajstić information content (AvgIpc) is 3.23. The van der Waals surface area contributed by atoms with Crippen LogP contribution in [0.4, 0.5) is 0 Å². The lowest BCUT2D eigenvalue weighted by Crippen LogP contribution is -2.40. The molecule has 20 heavy (non-hydrogen) atoms. The van der Waals surface area contributed by atoms with Gasteiger partial charge in [0.1, 0.15) is 5.75 Å². The van der Waals surface area contributed by atoms with Crippen LogP contribution < -0.4 is 15.8 Å². The number of ether oxygens (including phenoxy) is 1. The van der Waals surface area contributed by atoms with Crippen molar-refractivity contribution >= 4 is 40.7 Å². The molecular formula is C13H15Cl3N2O2. The Hall–Kier alpha value is -0.680. The third-order valence-electron chi connectivity index (χ3n) is 3.10. The number of nitrogens with one attached hydrogen (secondary N) is 1. The van der Waals surface area contributed by atoms with Crippen LogP contribution in [0.2, 0.25) is 15.1 Å². The van der Waals surface area contributed by atoms with E-state index in [0.717, 1.165) is 12.8 Å². The van der Waals surface area contributed by atoms with Crippen LogP contribution in [-0.2, 0) is 4.79 Å². The van der Waals surface area contributed by atoms with Crippen LogP contribution in [0.25, 0.3) is 0 Å². The summed E-state index contributed by atoms with van der Waals surface area (Å²) in [6.45, 7) is 0.317. The van der Waals surface area contributed by atoms with Crippen LogP contribution in [0, 0.1) is 5.92 Å². The molecule has 0 spiro atoms. The predicted molar refractivity (Wildman–Crippen MR) is 80.7 cm³/mol. The summed E-state index contributed by atoms with van der Waals surface area (Å²) in [6, 6.07) is 2.98. The monoisotopic (exact) mass is 336 g/mol. The van der Waals surface area contributed by atoms with Crippen LogP contribution in [0.3, 0.4) is 0 Å². The molecule has 4 nitrogen and oxygen atoms in total. The van der Waals surface area contributed by atoms with Crippen molar-refractivity contribution in [2.45, 2.75) is 18.9 Å². The zero-order chi connectivity index (χ0) is 14.7. The smallest absolute Gasteiger partial charge is 0.257 e. The topological polar surface area (TPSA) is 64.3 Å². The first-order chi connectivity index (χ1) is 9.47. The number of carbonyl (C=O) groups is 1. The quantitative estimate of drug-likeness (QED) is 0.785. The first-order valence-corrected chi connectivity index (χ1v) is 7.40. The molecule has 1 aliphatic carbocycles. The molecule has 0 saturated heterocycles. The first-order valence-electron chi connectivity index (χ1n) is 6.27. The highest BCUT2D eigenvalue weighted by molar-refractivity contribution is 6.43. The highest BCUT2D eigenvalue weighted by atomic mass is 35.5. The zero-order valence-corrected chi connectivity index (χ0v) is 12.9. The average molecular weight is 338 g/mol. The molecule has 0 aromatic heterocycles. The van der Waals surface area contributed by atoms with Crippen LogP contribution >= 0.6 is 34.8 Å². The second-order valence-electron chi connectivity index (χ2n) is 4.79. The summed E-state index contributed by atoms with van der Waals surface area (Å²) < 4.78 is 5.31. The summed E-state index contributed by atoms with van der Waals surface area (Å²) in [5, 5.41) is 3.69.